The van der Waals surface area contributed by atoms with Crippen molar-refractivity contribution in [3.05, 3.63) is 80.4 Å². The fourth-order valence-electron chi connectivity index (χ4n) is 2.76. The summed E-state index contributed by atoms with van der Waals surface area (Å²) in [6, 6.07) is 18.5. The molecule has 1 heterocycles. The number of ether oxygens (including phenoxy) is 1. The Morgan fingerprint density at radius 3 is 2.67 bits per heavy atom. The van der Waals surface area contributed by atoms with Gasteiger partial charge in [0.05, 0.1) is 4.92 Å². The van der Waals surface area contributed by atoms with Crippen molar-refractivity contribution in [1.29, 1.82) is 0 Å². The van der Waals surface area contributed by atoms with E-state index in [0.29, 0.717) is 28.4 Å². The van der Waals surface area contributed by atoms with Gasteiger partial charge in [0.2, 0.25) is 5.89 Å². The molecule has 0 aliphatic carbocycles. The zero-order chi connectivity index (χ0) is 21.1. The predicted octanol–water partition coefficient (Wildman–Crippen LogP) is 5.03. The number of hydrogen-bond donors (Lipinski definition) is 1. The number of carbonyl (C=O) groups is 1. The van der Waals surface area contributed by atoms with Gasteiger partial charge < -0.3 is 14.5 Å². The normalized spacial score (nSPS) is 10.7. The highest BCUT2D eigenvalue weighted by molar-refractivity contribution is 14.1. The maximum atomic E-state index is 12.2. The Kier molecular flexibility index (Phi) is 5.61. The number of aromatic nitrogens is 1. The molecule has 4 aromatic rings. The Balaban J connectivity index is 1.42. The molecule has 1 aromatic heterocycles. The number of nitrogens with zero attached hydrogens (tertiary/aromatic N) is 2. The number of nitro groups is 1. The lowest BCUT2D eigenvalue weighted by Crippen LogP contribution is -2.20. The fraction of sp³-hybridized carbons (Fsp3) is 0.0476. The third-order valence-corrected chi connectivity index (χ3v) is 4.83. The molecule has 0 saturated carbocycles. The molecule has 1 N–H and O–H groups in total. The fourth-order valence-corrected chi connectivity index (χ4v) is 3.30. The zero-order valence-electron chi connectivity index (χ0n) is 15.4. The highest BCUT2D eigenvalue weighted by Gasteiger charge is 2.11. The van der Waals surface area contributed by atoms with E-state index in [1.54, 1.807) is 18.2 Å². The molecule has 0 unspecified atom stereocenters. The Morgan fingerprint density at radius 2 is 1.93 bits per heavy atom. The molecular weight excluding hydrogens is 501 g/mol. The Morgan fingerprint density at radius 1 is 1.13 bits per heavy atom. The quantitative estimate of drug-likeness (QED) is 0.220. The first-order valence-electron chi connectivity index (χ1n) is 8.81. The van der Waals surface area contributed by atoms with Crippen LogP contribution < -0.4 is 10.1 Å². The SMILES string of the molecule is O=C(COc1ccc([N+](=O)[O-])cc1)Nc1ccc2oc(-c3cccc(I)c3)nc2c1. The molecule has 0 saturated heterocycles. The number of non-ortho nitro benzene ring substituents is 1. The van der Waals surface area contributed by atoms with Crippen molar-refractivity contribution in [3.8, 4) is 17.2 Å². The van der Waals surface area contributed by atoms with Crippen LogP contribution in [0.25, 0.3) is 22.6 Å². The van der Waals surface area contributed by atoms with E-state index in [1.807, 2.05) is 24.3 Å². The lowest BCUT2D eigenvalue weighted by molar-refractivity contribution is -0.384. The summed E-state index contributed by atoms with van der Waals surface area (Å²) in [5.41, 5.74) is 2.63. The van der Waals surface area contributed by atoms with Gasteiger partial charge in [-0.3, -0.25) is 14.9 Å². The number of amides is 1. The van der Waals surface area contributed by atoms with Gasteiger partial charge in [-0.25, -0.2) is 4.98 Å². The van der Waals surface area contributed by atoms with E-state index in [-0.39, 0.29) is 18.2 Å². The minimum absolute atomic E-state index is 0.0442. The second-order valence-electron chi connectivity index (χ2n) is 6.30. The van der Waals surface area contributed by atoms with Gasteiger partial charge in [0.15, 0.2) is 12.2 Å². The number of halogens is 1. The Bertz CT molecular complexity index is 1240. The van der Waals surface area contributed by atoms with Crippen molar-refractivity contribution in [2.75, 3.05) is 11.9 Å². The standard InChI is InChI=1S/C21H14IN3O5/c22-14-3-1-2-13(10-14)21-24-18-11-15(4-9-19(18)30-21)23-20(26)12-29-17-7-5-16(6-8-17)25(27)28/h1-11H,12H2,(H,23,26). The molecule has 30 heavy (non-hydrogen) atoms. The van der Waals surface area contributed by atoms with E-state index in [4.69, 9.17) is 9.15 Å². The van der Waals surface area contributed by atoms with Crippen molar-refractivity contribution in [2.24, 2.45) is 0 Å². The van der Waals surface area contributed by atoms with E-state index in [2.05, 4.69) is 32.9 Å². The number of nitrogens with one attached hydrogen (secondary N) is 1. The highest BCUT2D eigenvalue weighted by Crippen LogP contribution is 2.27. The number of fused-ring (bicyclic) bond motifs is 1. The molecule has 0 radical (unpaired) electrons. The molecule has 0 atom stereocenters. The number of oxazole rings is 1. The van der Waals surface area contributed by atoms with Crippen molar-refractivity contribution >= 4 is 51.0 Å². The van der Waals surface area contributed by atoms with E-state index < -0.39 is 4.92 Å². The lowest BCUT2D eigenvalue weighted by Gasteiger charge is -2.07. The van der Waals surface area contributed by atoms with Crippen LogP contribution in [0.4, 0.5) is 11.4 Å². The summed E-state index contributed by atoms with van der Waals surface area (Å²) in [5, 5.41) is 13.4. The molecule has 0 spiro atoms. The Hall–Kier alpha value is -3.47. The van der Waals surface area contributed by atoms with Crippen molar-refractivity contribution in [3.63, 3.8) is 0 Å². The molecule has 0 bridgehead atoms. The summed E-state index contributed by atoms with van der Waals surface area (Å²) in [6.45, 7) is -0.234. The van der Waals surface area contributed by atoms with Crippen LogP contribution in [0, 0.1) is 13.7 Å². The number of benzene rings is 3. The van der Waals surface area contributed by atoms with Crippen molar-refractivity contribution < 1.29 is 18.9 Å². The number of nitro benzene ring substituents is 1. The van der Waals surface area contributed by atoms with Crippen LogP contribution in [-0.2, 0) is 4.79 Å². The summed E-state index contributed by atoms with van der Waals surface area (Å²) in [6.07, 6.45) is 0. The molecule has 4 rings (SSSR count). The van der Waals surface area contributed by atoms with E-state index >= 15 is 0 Å². The smallest absolute Gasteiger partial charge is 0.269 e. The van der Waals surface area contributed by atoms with Gasteiger partial charge in [0.1, 0.15) is 11.3 Å². The summed E-state index contributed by atoms with van der Waals surface area (Å²) < 4.78 is 12.2. The molecule has 150 valence electrons. The molecule has 1 amide bonds. The zero-order valence-corrected chi connectivity index (χ0v) is 17.5. The average Bonchev–Trinajstić information content (AvgIpc) is 3.16. The summed E-state index contributed by atoms with van der Waals surface area (Å²) in [7, 11) is 0. The van der Waals surface area contributed by atoms with Crippen LogP contribution in [0.15, 0.2) is 71.1 Å². The van der Waals surface area contributed by atoms with E-state index in [1.165, 1.54) is 24.3 Å². The topological polar surface area (TPSA) is 108 Å². The first kappa shape index (κ1) is 19.8. The average molecular weight is 515 g/mol. The maximum Gasteiger partial charge on any atom is 0.269 e. The van der Waals surface area contributed by atoms with Crippen LogP contribution in [0.1, 0.15) is 0 Å². The molecule has 3 aromatic carbocycles. The van der Waals surface area contributed by atoms with Gasteiger partial charge in [0.25, 0.3) is 11.6 Å². The largest absolute Gasteiger partial charge is 0.484 e. The lowest BCUT2D eigenvalue weighted by atomic mass is 10.2. The predicted molar refractivity (Wildman–Crippen MR) is 119 cm³/mol. The minimum Gasteiger partial charge on any atom is -0.484 e. The number of carbonyl (C=O) groups excluding carboxylic acids is 1. The second kappa shape index (κ2) is 8.49. The molecule has 0 fully saturated rings. The van der Waals surface area contributed by atoms with Gasteiger partial charge in [-0.05, 0) is 71.1 Å². The minimum atomic E-state index is -0.499. The van der Waals surface area contributed by atoms with Crippen LogP contribution >= 0.6 is 22.6 Å². The first-order valence-corrected chi connectivity index (χ1v) is 9.89. The van der Waals surface area contributed by atoms with Crippen LogP contribution in [0.2, 0.25) is 0 Å². The van der Waals surface area contributed by atoms with Gasteiger partial charge in [-0.1, -0.05) is 6.07 Å². The third kappa shape index (κ3) is 4.57. The molecule has 0 aliphatic rings. The van der Waals surface area contributed by atoms with Gasteiger partial charge in [0, 0.05) is 27.0 Å². The van der Waals surface area contributed by atoms with Gasteiger partial charge in [-0.15, -0.1) is 0 Å². The maximum absolute atomic E-state index is 12.2. The molecule has 9 heteroatoms. The van der Waals surface area contributed by atoms with E-state index in [0.717, 1.165) is 9.13 Å². The van der Waals surface area contributed by atoms with Crippen LogP contribution in [0.3, 0.4) is 0 Å². The number of hydrogen-bond acceptors (Lipinski definition) is 6. The molecule has 0 aliphatic heterocycles. The summed E-state index contributed by atoms with van der Waals surface area (Å²) in [5.74, 6) is 0.507. The van der Waals surface area contributed by atoms with Gasteiger partial charge >= 0.3 is 0 Å². The van der Waals surface area contributed by atoms with Gasteiger partial charge in [-0.2, -0.15) is 0 Å². The molecular formula is C21H14IN3O5. The Labute approximate surface area is 184 Å². The molecule has 8 nitrogen and oxygen atoms in total. The number of rotatable bonds is 6. The second-order valence-corrected chi connectivity index (χ2v) is 7.55. The summed E-state index contributed by atoms with van der Waals surface area (Å²) >= 11 is 2.23. The van der Waals surface area contributed by atoms with Crippen LogP contribution in [-0.4, -0.2) is 22.4 Å². The first-order chi connectivity index (χ1) is 14.5. The van der Waals surface area contributed by atoms with Crippen molar-refractivity contribution in [1.82, 2.24) is 4.98 Å². The van der Waals surface area contributed by atoms with Crippen LogP contribution in [0.5, 0.6) is 5.75 Å². The summed E-state index contributed by atoms with van der Waals surface area (Å²) in [4.78, 5) is 26.8. The third-order valence-electron chi connectivity index (χ3n) is 4.16. The number of anilines is 1. The highest BCUT2D eigenvalue weighted by atomic mass is 127. The monoisotopic (exact) mass is 515 g/mol. The van der Waals surface area contributed by atoms with Crippen molar-refractivity contribution in [2.45, 2.75) is 0 Å². The van der Waals surface area contributed by atoms with E-state index in [9.17, 15) is 14.9 Å².